The molecule has 1 aliphatic heterocycles. The molecule has 1 amide bonds. The van der Waals surface area contributed by atoms with Gasteiger partial charge in [0.1, 0.15) is 11.6 Å². The first kappa shape index (κ1) is 22.4. The summed E-state index contributed by atoms with van der Waals surface area (Å²) in [5.74, 6) is -1.47. The van der Waals surface area contributed by atoms with Crippen molar-refractivity contribution < 1.29 is 22.0 Å². The summed E-state index contributed by atoms with van der Waals surface area (Å²) in [6.45, 7) is 1.26. The summed E-state index contributed by atoms with van der Waals surface area (Å²) in [5.41, 5.74) is 0.811. The summed E-state index contributed by atoms with van der Waals surface area (Å²) in [5, 5.41) is 2.66. The Morgan fingerprint density at radius 3 is 2.20 bits per heavy atom. The minimum absolute atomic E-state index is 0.0386. The second kappa shape index (κ2) is 10.1. The number of amides is 1. The normalized spacial score (nSPS) is 15.1. The van der Waals surface area contributed by atoms with Gasteiger partial charge >= 0.3 is 0 Å². The highest BCUT2D eigenvalue weighted by Gasteiger charge is 2.25. The van der Waals surface area contributed by atoms with Crippen molar-refractivity contribution in [3.8, 4) is 0 Å². The SMILES string of the molecule is O=C(CCc1ccc(S(=O)(=O)N2CCCCC2)cc1)NCCc1c(F)cccc1F. The van der Waals surface area contributed by atoms with Crippen molar-refractivity contribution >= 4 is 15.9 Å². The van der Waals surface area contributed by atoms with Crippen LogP contribution in [0.25, 0.3) is 0 Å². The van der Waals surface area contributed by atoms with E-state index in [1.807, 2.05) is 0 Å². The van der Waals surface area contributed by atoms with Gasteiger partial charge in [-0.25, -0.2) is 17.2 Å². The molecule has 0 bridgehead atoms. The molecule has 1 saturated heterocycles. The topological polar surface area (TPSA) is 66.5 Å². The number of hydrogen-bond donors (Lipinski definition) is 1. The average Bonchev–Trinajstić information content (AvgIpc) is 2.75. The van der Waals surface area contributed by atoms with Gasteiger partial charge in [-0.15, -0.1) is 0 Å². The monoisotopic (exact) mass is 436 g/mol. The first-order chi connectivity index (χ1) is 14.4. The number of rotatable bonds is 8. The van der Waals surface area contributed by atoms with Crippen molar-refractivity contribution in [1.82, 2.24) is 9.62 Å². The average molecular weight is 437 g/mol. The summed E-state index contributed by atoms with van der Waals surface area (Å²) < 4.78 is 54.0. The Balaban J connectivity index is 1.47. The van der Waals surface area contributed by atoms with Crippen molar-refractivity contribution in [1.29, 1.82) is 0 Å². The molecule has 3 rings (SSSR count). The molecule has 1 heterocycles. The standard InChI is InChI=1S/C22H26F2N2O3S/c23-20-5-4-6-21(24)19(20)13-14-25-22(27)12-9-17-7-10-18(11-8-17)30(28,29)26-15-2-1-3-16-26/h4-8,10-11H,1-3,9,12-16H2,(H,25,27). The molecule has 0 aliphatic carbocycles. The third-order valence-corrected chi connectivity index (χ3v) is 7.19. The summed E-state index contributed by atoms with van der Waals surface area (Å²) in [4.78, 5) is 12.3. The van der Waals surface area contributed by atoms with E-state index in [9.17, 15) is 22.0 Å². The van der Waals surface area contributed by atoms with Gasteiger partial charge in [0.2, 0.25) is 15.9 Å². The zero-order valence-electron chi connectivity index (χ0n) is 16.7. The lowest BCUT2D eigenvalue weighted by molar-refractivity contribution is -0.121. The predicted octanol–water partition coefficient (Wildman–Crippen LogP) is 3.43. The summed E-state index contributed by atoms with van der Waals surface area (Å²) >= 11 is 0. The van der Waals surface area contributed by atoms with Gasteiger partial charge < -0.3 is 5.32 Å². The number of nitrogens with zero attached hydrogens (tertiary/aromatic N) is 1. The molecule has 0 saturated carbocycles. The second-order valence-electron chi connectivity index (χ2n) is 7.41. The third kappa shape index (κ3) is 5.64. The van der Waals surface area contributed by atoms with E-state index < -0.39 is 21.7 Å². The van der Waals surface area contributed by atoms with E-state index in [4.69, 9.17) is 0 Å². The number of nitrogens with one attached hydrogen (secondary N) is 1. The molecule has 0 aromatic heterocycles. The zero-order chi connectivity index (χ0) is 21.6. The first-order valence-corrected chi connectivity index (χ1v) is 11.6. The number of carbonyl (C=O) groups excluding carboxylic acids is 1. The van der Waals surface area contributed by atoms with E-state index in [-0.39, 0.29) is 35.8 Å². The van der Waals surface area contributed by atoms with E-state index in [2.05, 4.69) is 5.32 Å². The molecule has 162 valence electrons. The maximum atomic E-state index is 13.6. The molecule has 0 spiro atoms. The maximum absolute atomic E-state index is 13.6. The summed E-state index contributed by atoms with van der Waals surface area (Å²) in [6, 6.07) is 10.3. The van der Waals surface area contributed by atoms with E-state index in [1.54, 1.807) is 24.3 Å². The van der Waals surface area contributed by atoms with Crippen LogP contribution in [0.2, 0.25) is 0 Å². The van der Waals surface area contributed by atoms with Crippen LogP contribution in [0.1, 0.15) is 36.8 Å². The molecule has 1 fully saturated rings. The van der Waals surface area contributed by atoms with Crippen molar-refractivity contribution in [3.63, 3.8) is 0 Å². The van der Waals surface area contributed by atoms with E-state index in [1.165, 1.54) is 22.5 Å². The first-order valence-electron chi connectivity index (χ1n) is 10.2. The molecule has 2 aromatic rings. The Morgan fingerprint density at radius 1 is 0.933 bits per heavy atom. The fraction of sp³-hybridized carbons (Fsp3) is 0.409. The smallest absolute Gasteiger partial charge is 0.243 e. The van der Waals surface area contributed by atoms with Crippen molar-refractivity contribution in [2.45, 2.75) is 43.4 Å². The number of benzene rings is 2. The molecule has 5 nitrogen and oxygen atoms in total. The number of sulfonamides is 1. The number of hydrogen-bond acceptors (Lipinski definition) is 3. The second-order valence-corrected chi connectivity index (χ2v) is 9.35. The fourth-order valence-electron chi connectivity index (χ4n) is 3.53. The van der Waals surface area contributed by atoms with E-state index in [0.29, 0.717) is 19.5 Å². The fourth-order valence-corrected chi connectivity index (χ4v) is 5.04. The number of aryl methyl sites for hydroxylation is 1. The Kier molecular flexibility index (Phi) is 7.55. The molecule has 0 unspecified atom stereocenters. The van der Waals surface area contributed by atoms with Crippen molar-refractivity contribution in [2.24, 2.45) is 0 Å². The van der Waals surface area contributed by atoms with Gasteiger partial charge in [0.15, 0.2) is 0 Å². The Hall–Kier alpha value is -2.32. The van der Waals surface area contributed by atoms with Crippen LogP contribution in [-0.4, -0.2) is 38.3 Å². The van der Waals surface area contributed by atoms with Gasteiger partial charge in [-0.2, -0.15) is 4.31 Å². The Bertz CT molecular complexity index is 952. The Labute approximate surface area is 176 Å². The third-order valence-electron chi connectivity index (χ3n) is 5.28. The molecular formula is C22H26F2N2O3S. The largest absolute Gasteiger partial charge is 0.356 e. The lowest BCUT2D eigenvalue weighted by Gasteiger charge is -2.25. The minimum Gasteiger partial charge on any atom is -0.356 e. The minimum atomic E-state index is -3.46. The molecular weight excluding hydrogens is 410 g/mol. The molecule has 8 heteroatoms. The van der Waals surface area contributed by atoms with Crippen molar-refractivity contribution in [3.05, 3.63) is 65.2 Å². The number of halogens is 2. The van der Waals surface area contributed by atoms with E-state index in [0.717, 1.165) is 24.8 Å². The van der Waals surface area contributed by atoms with Crippen LogP contribution in [0, 0.1) is 11.6 Å². The van der Waals surface area contributed by atoms with Gasteiger partial charge in [0.05, 0.1) is 4.90 Å². The molecule has 1 aliphatic rings. The van der Waals surface area contributed by atoms with Gasteiger partial charge in [0, 0.05) is 31.6 Å². The number of piperidine rings is 1. The highest BCUT2D eigenvalue weighted by molar-refractivity contribution is 7.89. The van der Waals surface area contributed by atoms with Gasteiger partial charge in [0.25, 0.3) is 0 Å². The molecule has 0 radical (unpaired) electrons. The van der Waals surface area contributed by atoms with Gasteiger partial charge in [-0.3, -0.25) is 4.79 Å². The van der Waals surface area contributed by atoms with Crippen LogP contribution >= 0.6 is 0 Å². The summed E-state index contributed by atoms with van der Waals surface area (Å²) in [6.07, 6.45) is 3.56. The van der Waals surface area contributed by atoms with Crippen LogP contribution in [0.15, 0.2) is 47.4 Å². The number of carbonyl (C=O) groups is 1. The zero-order valence-corrected chi connectivity index (χ0v) is 17.6. The lowest BCUT2D eigenvalue weighted by Crippen LogP contribution is -2.35. The predicted molar refractivity (Wildman–Crippen MR) is 110 cm³/mol. The van der Waals surface area contributed by atoms with Crippen LogP contribution < -0.4 is 5.32 Å². The van der Waals surface area contributed by atoms with Crippen LogP contribution in [0.3, 0.4) is 0 Å². The molecule has 0 atom stereocenters. The molecule has 30 heavy (non-hydrogen) atoms. The molecule has 2 aromatic carbocycles. The highest BCUT2D eigenvalue weighted by Crippen LogP contribution is 2.21. The lowest BCUT2D eigenvalue weighted by atomic mass is 10.1. The maximum Gasteiger partial charge on any atom is 0.243 e. The van der Waals surface area contributed by atoms with Gasteiger partial charge in [-0.05, 0) is 55.5 Å². The van der Waals surface area contributed by atoms with Crippen molar-refractivity contribution in [2.75, 3.05) is 19.6 Å². The quantitative estimate of drug-likeness (QED) is 0.690. The van der Waals surface area contributed by atoms with Crippen LogP contribution in [0.4, 0.5) is 8.78 Å². The molecule has 1 N–H and O–H groups in total. The Morgan fingerprint density at radius 2 is 1.57 bits per heavy atom. The summed E-state index contributed by atoms with van der Waals surface area (Å²) in [7, 11) is -3.46. The van der Waals surface area contributed by atoms with Crippen LogP contribution in [0.5, 0.6) is 0 Å². The van der Waals surface area contributed by atoms with Crippen LogP contribution in [-0.2, 0) is 27.7 Å². The van der Waals surface area contributed by atoms with E-state index >= 15 is 0 Å². The highest BCUT2D eigenvalue weighted by atomic mass is 32.2. The van der Waals surface area contributed by atoms with Gasteiger partial charge in [-0.1, -0.05) is 24.6 Å².